The van der Waals surface area contributed by atoms with Gasteiger partial charge in [0.2, 0.25) is 0 Å². The van der Waals surface area contributed by atoms with Gasteiger partial charge in [0, 0.05) is 30.4 Å². The highest BCUT2D eigenvalue weighted by Gasteiger charge is 2.12. The van der Waals surface area contributed by atoms with Gasteiger partial charge in [0.1, 0.15) is 0 Å². The number of halogens is 2. The van der Waals surface area contributed by atoms with E-state index in [0.29, 0.717) is 0 Å². The van der Waals surface area contributed by atoms with Crippen LogP contribution < -0.4 is 4.90 Å². The molecule has 1 fully saturated rings. The van der Waals surface area contributed by atoms with Gasteiger partial charge < -0.3 is 4.90 Å². The minimum atomic E-state index is 0.749. The number of fused-ring (bicyclic) bond motifs is 1. The Morgan fingerprint density at radius 3 is 2.72 bits per heavy atom. The van der Waals surface area contributed by atoms with E-state index in [1.807, 2.05) is 0 Å². The second kappa shape index (κ2) is 5.06. The molecule has 0 atom stereocenters. The first-order chi connectivity index (χ1) is 8.75. The lowest BCUT2D eigenvalue weighted by Crippen LogP contribution is -2.29. The second-order valence-corrected chi connectivity index (χ2v) is 5.90. The Morgan fingerprint density at radius 1 is 1.17 bits per heavy atom. The average molecular weight is 326 g/mol. The van der Waals surface area contributed by atoms with Gasteiger partial charge in [-0.25, -0.2) is 0 Å². The summed E-state index contributed by atoms with van der Waals surface area (Å²) >= 11 is 9.76. The number of anilines is 1. The Hall–Kier alpha value is -0.800. The normalized spacial score (nSPS) is 16.2. The fourth-order valence-corrected chi connectivity index (χ4v) is 2.99. The van der Waals surface area contributed by atoms with Crippen LogP contribution in [0, 0.1) is 0 Å². The number of pyridine rings is 1. The summed E-state index contributed by atoms with van der Waals surface area (Å²) in [5, 5.41) is 1.77. The molecule has 18 heavy (non-hydrogen) atoms. The van der Waals surface area contributed by atoms with Crippen molar-refractivity contribution in [2.45, 2.75) is 19.3 Å². The average Bonchev–Trinajstić information content (AvgIpc) is 2.44. The molecule has 2 aromatic rings. The Labute approximate surface area is 120 Å². The zero-order valence-electron chi connectivity index (χ0n) is 10.00. The molecule has 1 aromatic heterocycles. The summed E-state index contributed by atoms with van der Waals surface area (Å²) in [5.41, 5.74) is 2.20. The third-order valence-corrected chi connectivity index (χ3v) is 4.70. The Bertz CT molecular complexity index is 579. The van der Waals surface area contributed by atoms with E-state index in [0.717, 1.165) is 33.5 Å². The highest BCUT2D eigenvalue weighted by Crippen LogP contribution is 2.32. The number of hydrogen-bond acceptors (Lipinski definition) is 2. The molecule has 1 aliphatic heterocycles. The van der Waals surface area contributed by atoms with E-state index >= 15 is 0 Å². The highest BCUT2D eigenvalue weighted by atomic mass is 79.9. The molecule has 0 spiro atoms. The number of piperidine rings is 1. The Kier molecular flexibility index (Phi) is 3.44. The van der Waals surface area contributed by atoms with Crippen molar-refractivity contribution in [1.82, 2.24) is 4.98 Å². The molecule has 0 unspecified atom stereocenters. The van der Waals surface area contributed by atoms with Crippen molar-refractivity contribution >= 4 is 44.1 Å². The predicted octanol–water partition coefficient (Wildman–Crippen LogP) is 4.64. The van der Waals surface area contributed by atoms with E-state index in [1.165, 1.54) is 24.9 Å². The van der Waals surface area contributed by atoms with Crippen LogP contribution in [-0.4, -0.2) is 18.1 Å². The summed E-state index contributed by atoms with van der Waals surface area (Å²) in [4.78, 5) is 6.81. The number of benzene rings is 1. The maximum Gasteiger partial charge on any atom is 0.0719 e. The van der Waals surface area contributed by atoms with E-state index in [2.05, 4.69) is 44.0 Å². The van der Waals surface area contributed by atoms with Crippen molar-refractivity contribution in [3.8, 4) is 0 Å². The predicted molar refractivity (Wildman–Crippen MR) is 80.5 cm³/mol. The molecule has 0 amide bonds. The van der Waals surface area contributed by atoms with Crippen LogP contribution in [0.2, 0.25) is 5.02 Å². The third-order valence-electron chi connectivity index (χ3n) is 3.46. The molecule has 0 bridgehead atoms. The summed E-state index contributed by atoms with van der Waals surface area (Å²) in [6.45, 7) is 2.29. The van der Waals surface area contributed by atoms with Crippen LogP contribution in [0.15, 0.2) is 28.9 Å². The number of aromatic nitrogens is 1. The van der Waals surface area contributed by atoms with Gasteiger partial charge in [-0.15, -0.1) is 0 Å². The summed E-state index contributed by atoms with van der Waals surface area (Å²) in [5.74, 6) is 0. The van der Waals surface area contributed by atoms with E-state index in [9.17, 15) is 0 Å². The summed E-state index contributed by atoms with van der Waals surface area (Å²) in [6, 6.07) is 6.35. The van der Waals surface area contributed by atoms with Gasteiger partial charge in [0.05, 0.1) is 15.0 Å². The van der Waals surface area contributed by atoms with Crippen LogP contribution in [0.4, 0.5) is 5.69 Å². The highest BCUT2D eigenvalue weighted by molar-refractivity contribution is 9.10. The van der Waals surface area contributed by atoms with Gasteiger partial charge in [-0.05, 0) is 53.4 Å². The van der Waals surface area contributed by atoms with Crippen molar-refractivity contribution in [1.29, 1.82) is 0 Å². The van der Waals surface area contributed by atoms with Crippen LogP contribution in [-0.2, 0) is 0 Å². The molecule has 1 aromatic carbocycles. The number of nitrogens with zero attached hydrogens (tertiary/aromatic N) is 2. The maximum absolute atomic E-state index is 6.33. The minimum Gasteiger partial charge on any atom is -0.372 e. The van der Waals surface area contributed by atoms with E-state index in [1.54, 1.807) is 6.20 Å². The monoisotopic (exact) mass is 324 g/mol. The van der Waals surface area contributed by atoms with E-state index in [4.69, 9.17) is 11.6 Å². The molecule has 0 saturated carbocycles. The third kappa shape index (κ3) is 2.21. The first kappa shape index (κ1) is 12.2. The SMILES string of the molecule is Clc1c(Br)cnc2ccc(N3CCCCC3)cc12. The van der Waals surface area contributed by atoms with Crippen LogP contribution in [0.3, 0.4) is 0 Å². The van der Waals surface area contributed by atoms with Gasteiger partial charge >= 0.3 is 0 Å². The molecule has 3 rings (SSSR count). The summed E-state index contributed by atoms with van der Waals surface area (Å²) in [7, 11) is 0. The van der Waals surface area contributed by atoms with Crippen LogP contribution in [0.1, 0.15) is 19.3 Å². The van der Waals surface area contributed by atoms with E-state index in [-0.39, 0.29) is 0 Å². The van der Waals surface area contributed by atoms with Crippen molar-refractivity contribution in [3.63, 3.8) is 0 Å². The van der Waals surface area contributed by atoms with Crippen molar-refractivity contribution in [2.75, 3.05) is 18.0 Å². The van der Waals surface area contributed by atoms with Gasteiger partial charge in [0.15, 0.2) is 0 Å². The molecular weight excluding hydrogens is 312 g/mol. The fourth-order valence-electron chi connectivity index (χ4n) is 2.47. The quantitative estimate of drug-likeness (QED) is 0.759. The lowest BCUT2D eigenvalue weighted by Gasteiger charge is -2.29. The summed E-state index contributed by atoms with van der Waals surface area (Å²) < 4.78 is 0.854. The standard InChI is InChI=1S/C14H14BrClN2/c15-12-9-17-13-5-4-10(8-11(13)14(12)16)18-6-2-1-3-7-18/h4-5,8-9H,1-3,6-7H2. The van der Waals surface area contributed by atoms with E-state index < -0.39 is 0 Å². The molecule has 1 saturated heterocycles. The zero-order chi connectivity index (χ0) is 12.5. The lowest BCUT2D eigenvalue weighted by atomic mass is 10.1. The molecule has 1 aliphatic rings. The molecule has 0 aliphatic carbocycles. The van der Waals surface area contributed by atoms with Crippen LogP contribution in [0.5, 0.6) is 0 Å². The maximum atomic E-state index is 6.33. The molecule has 0 radical (unpaired) electrons. The smallest absolute Gasteiger partial charge is 0.0719 e. The molecule has 94 valence electrons. The zero-order valence-corrected chi connectivity index (χ0v) is 12.3. The molecule has 2 nitrogen and oxygen atoms in total. The van der Waals surface area contributed by atoms with Crippen molar-refractivity contribution in [2.24, 2.45) is 0 Å². The van der Waals surface area contributed by atoms with Gasteiger partial charge in [-0.3, -0.25) is 4.98 Å². The lowest BCUT2D eigenvalue weighted by molar-refractivity contribution is 0.578. The number of rotatable bonds is 1. The van der Waals surface area contributed by atoms with Crippen LogP contribution >= 0.6 is 27.5 Å². The first-order valence-corrected chi connectivity index (χ1v) is 7.41. The first-order valence-electron chi connectivity index (χ1n) is 6.24. The Balaban J connectivity index is 2.06. The number of hydrogen-bond donors (Lipinski definition) is 0. The molecular formula is C14H14BrClN2. The molecule has 4 heteroatoms. The van der Waals surface area contributed by atoms with Crippen molar-refractivity contribution < 1.29 is 0 Å². The summed E-state index contributed by atoms with van der Waals surface area (Å²) in [6.07, 6.45) is 5.66. The van der Waals surface area contributed by atoms with Crippen LogP contribution in [0.25, 0.3) is 10.9 Å². The van der Waals surface area contributed by atoms with Crippen molar-refractivity contribution in [3.05, 3.63) is 33.9 Å². The Morgan fingerprint density at radius 2 is 1.94 bits per heavy atom. The topological polar surface area (TPSA) is 16.1 Å². The second-order valence-electron chi connectivity index (χ2n) is 4.67. The molecule has 2 heterocycles. The fraction of sp³-hybridized carbons (Fsp3) is 0.357. The minimum absolute atomic E-state index is 0.749. The largest absolute Gasteiger partial charge is 0.372 e. The van der Waals surface area contributed by atoms with Gasteiger partial charge in [0.25, 0.3) is 0 Å². The van der Waals surface area contributed by atoms with Gasteiger partial charge in [-0.1, -0.05) is 11.6 Å². The van der Waals surface area contributed by atoms with Gasteiger partial charge in [-0.2, -0.15) is 0 Å². The molecule has 0 N–H and O–H groups in total.